The van der Waals surface area contributed by atoms with Crippen LogP contribution in [0.15, 0.2) is 16.1 Å². The average Bonchev–Trinajstić information content (AvgIpc) is 3.09. The minimum absolute atomic E-state index is 0.135. The SMILES string of the molecule is O=c1c2sc3c(c2ncn1C1CCCCC1)=C(N1CCNCC1)CCN=3. The van der Waals surface area contributed by atoms with Gasteiger partial charge in [-0.1, -0.05) is 19.3 Å². The molecule has 5 rings (SSSR count). The summed E-state index contributed by atoms with van der Waals surface area (Å²) in [6.45, 7) is 4.88. The summed E-state index contributed by atoms with van der Waals surface area (Å²) >= 11 is 1.55. The van der Waals surface area contributed by atoms with Crippen LogP contribution < -0.4 is 20.8 Å². The third kappa shape index (κ3) is 2.68. The van der Waals surface area contributed by atoms with E-state index in [4.69, 9.17) is 9.98 Å². The van der Waals surface area contributed by atoms with E-state index in [1.54, 1.807) is 17.7 Å². The van der Waals surface area contributed by atoms with Crippen molar-refractivity contribution in [3.05, 3.63) is 26.6 Å². The first kappa shape index (κ1) is 16.4. The fourth-order valence-electron chi connectivity index (χ4n) is 4.60. The highest BCUT2D eigenvalue weighted by atomic mass is 32.1. The maximum Gasteiger partial charge on any atom is 0.271 e. The Bertz CT molecular complexity index is 995. The maximum atomic E-state index is 13.2. The van der Waals surface area contributed by atoms with Crippen molar-refractivity contribution >= 4 is 27.3 Å². The summed E-state index contributed by atoms with van der Waals surface area (Å²) < 4.78 is 3.70. The van der Waals surface area contributed by atoms with Crippen molar-refractivity contribution in [2.24, 2.45) is 4.99 Å². The molecule has 0 bridgehead atoms. The lowest BCUT2D eigenvalue weighted by molar-refractivity contribution is 0.329. The lowest BCUT2D eigenvalue weighted by Gasteiger charge is -2.32. The molecule has 26 heavy (non-hydrogen) atoms. The summed E-state index contributed by atoms with van der Waals surface area (Å²) in [5.74, 6) is 0. The third-order valence-electron chi connectivity index (χ3n) is 5.96. The number of nitrogens with zero attached hydrogens (tertiary/aromatic N) is 4. The molecule has 0 amide bonds. The molecule has 0 atom stereocenters. The first-order valence-corrected chi connectivity index (χ1v) is 10.7. The summed E-state index contributed by atoms with van der Waals surface area (Å²) in [7, 11) is 0. The Labute approximate surface area is 156 Å². The molecule has 6 nitrogen and oxygen atoms in total. The van der Waals surface area contributed by atoms with Crippen molar-refractivity contribution < 1.29 is 0 Å². The molecule has 7 heteroatoms. The van der Waals surface area contributed by atoms with Crippen molar-refractivity contribution in [2.75, 3.05) is 32.7 Å². The minimum Gasteiger partial charge on any atom is -0.372 e. The molecular formula is C19H25N5OS. The van der Waals surface area contributed by atoms with Gasteiger partial charge >= 0.3 is 0 Å². The molecule has 0 radical (unpaired) electrons. The number of rotatable bonds is 2. The second-order valence-corrected chi connectivity index (χ2v) is 8.52. The van der Waals surface area contributed by atoms with Gasteiger partial charge in [0.25, 0.3) is 5.56 Å². The highest BCUT2D eigenvalue weighted by Crippen LogP contribution is 2.27. The van der Waals surface area contributed by atoms with Gasteiger partial charge in [0.15, 0.2) is 0 Å². The van der Waals surface area contributed by atoms with Crippen LogP contribution >= 0.6 is 11.3 Å². The highest BCUT2D eigenvalue weighted by molar-refractivity contribution is 7.16. The Hall–Kier alpha value is -1.73. The fraction of sp³-hybridized carbons (Fsp3) is 0.632. The molecule has 2 aromatic heterocycles. The predicted molar refractivity (Wildman–Crippen MR) is 104 cm³/mol. The predicted octanol–water partition coefficient (Wildman–Crippen LogP) is 1.000. The van der Waals surface area contributed by atoms with E-state index in [2.05, 4.69) is 10.2 Å². The Morgan fingerprint density at radius 2 is 1.96 bits per heavy atom. The van der Waals surface area contributed by atoms with Gasteiger partial charge in [-0.3, -0.25) is 14.4 Å². The van der Waals surface area contributed by atoms with Crippen LogP contribution in [-0.4, -0.2) is 47.2 Å². The van der Waals surface area contributed by atoms with Crippen LogP contribution in [-0.2, 0) is 0 Å². The van der Waals surface area contributed by atoms with Crippen molar-refractivity contribution in [3.63, 3.8) is 0 Å². The molecule has 1 aliphatic carbocycles. The van der Waals surface area contributed by atoms with E-state index >= 15 is 0 Å². The number of hydrogen-bond acceptors (Lipinski definition) is 6. The monoisotopic (exact) mass is 371 g/mol. The Kier molecular flexibility index (Phi) is 4.29. The van der Waals surface area contributed by atoms with Crippen molar-refractivity contribution in [2.45, 2.75) is 44.6 Å². The lowest BCUT2D eigenvalue weighted by atomic mass is 9.95. The van der Waals surface area contributed by atoms with Gasteiger partial charge in [0.1, 0.15) is 9.37 Å². The van der Waals surface area contributed by atoms with Crippen LogP contribution in [0, 0.1) is 0 Å². The molecule has 0 unspecified atom stereocenters. The van der Waals surface area contributed by atoms with Gasteiger partial charge in [0, 0.05) is 50.9 Å². The van der Waals surface area contributed by atoms with Crippen molar-refractivity contribution in [1.82, 2.24) is 19.8 Å². The van der Waals surface area contributed by atoms with Gasteiger partial charge < -0.3 is 10.2 Å². The number of nitrogens with one attached hydrogen (secondary N) is 1. The first-order chi connectivity index (χ1) is 12.8. The summed E-state index contributed by atoms with van der Waals surface area (Å²) in [5, 5.41) is 4.55. The van der Waals surface area contributed by atoms with E-state index in [1.165, 1.54) is 25.0 Å². The summed E-state index contributed by atoms with van der Waals surface area (Å²) in [4.78, 5) is 25.2. The molecule has 4 heterocycles. The molecule has 2 aliphatic heterocycles. The zero-order chi connectivity index (χ0) is 17.5. The van der Waals surface area contributed by atoms with Crippen LogP contribution in [0.25, 0.3) is 15.9 Å². The molecule has 1 saturated carbocycles. The van der Waals surface area contributed by atoms with Gasteiger partial charge in [0.05, 0.1) is 17.1 Å². The molecule has 2 aromatic rings. The Morgan fingerprint density at radius 1 is 1.15 bits per heavy atom. The van der Waals surface area contributed by atoms with Crippen LogP contribution in [0.3, 0.4) is 0 Å². The number of hydrogen-bond donors (Lipinski definition) is 1. The topological polar surface area (TPSA) is 62.5 Å². The zero-order valence-corrected chi connectivity index (χ0v) is 15.9. The minimum atomic E-state index is 0.135. The van der Waals surface area contributed by atoms with Gasteiger partial charge in [-0.2, -0.15) is 0 Å². The number of piperazine rings is 1. The normalized spacial score (nSPS) is 21.7. The number of thiophene rings is 1. The Balaban J connectivity index is 1.69. The Morgan fingerprint density at radius 3 is 2.77 bits per heavy atom. The molecule has 1 N–H and O–H groups in total. The summed E-state index contributed by atoms with van der Waals surface area (Å²) in [6.07, 6.45) is 8.67. The third-order valence-corrected chi connectivity index (χ3v) is 7.06. The zero-order valence-electron chi connectivity index (χ0n) is 15.0. The molecule has 1 saturated heterocycles. The van der Waals surface area contributed by atoms with E-state index in [0.717, 1.165) is 72.1 Å². The largest absolute Gasteiger partial charge is 0.372 e. The molecular weight excluding hydrogens is 346 g/mol. The quantitative estimate of drug-likeness (QED) is 0.856. The highest BCUT2D eigenvalue weighted by Gasteiger charge is 2.23. The van der Waals surface area contributed by atoms with Gasteiger partial charge in [-0.05, 0) is 12.8 Å². The van der Waals surface area contributed by atoms with Gasteiger partial charge in [-0.25, -0.2) is 4.98 Å². The second kappa shape index (κ2) is 6.78. The molecule has 2 fully saturated rings. The fourth-order valence-corrected chi connectivity index (χ4v) is 5.71. The van der Waals surface area contributed by atoms with Crippen LogP contribution in [0.5, 0.6) is 0 Å². The first-order valence-electron chi connectivity index (χ1n) is 9.86. The molecule has 0 aromatic carbocycles. The maximum absolute atomic E-state index is 13.2. The second-order valence-electron chi connectivity index (χ2n) is 7.52. The van der Waals surface area contributed by atoms with E-state index in [-0.39, 0.29) is 5.56 Å². The molecule has 3 aliphatic rings. The smallest absolute Gasteiger partial charge is 0.271 e. The summed E-state index contributed by atoms with van der Waals surface area (Å²) in [5.41, 5.74) is 2.35. The molecule has 0 spiro atoms. The van der Waals surface area contributed by atoms with E-state index in [0.29, 0.717) is 6.04 Å². The lowest BCUT2D eigenvalue weighted by Crippen LogP contribution is -2.46. The molecule has 138 valence electrons. The van der Waals surface area contributed by atoms with Crippen molar-refractivity contribution in [3.8, 4) is 0 Å². The standard InChI is InChI=1S/C19H25N5OS/c25-19-17-16(22-12-24(19)13-4-2-1-3-5-13)15-14(6-7-21-18(15)26-17)23-10-8-20-9-11-23/h12-13,20H,1-11H2. The number of aromatic nitrogens is 2. The van der Waals surface area contributed by atoms with Crippen molar-refractivity contribution in [1.29, 1.82) is 0 Å². The van der Waals surface area contributed by atoms with Crippen LogP contribution in [0.4, 0.5) is 0 Å². The van der Waals surface area contributed by atoms with Crippen LogP contribution in [0.1, 0.15) is 44.6 Å². The summed E-state index contributed by atoms with van der Waals surface area (Å²) in [6, 6.07) is 0.320. The van der Waals surface area contributed by atoms with Gasteiger partial charge in [0.2, 0.25) is 0 Å². The van der Waals surface area contributed by atoms with Crippen LogP contribution in [0.2, 0.25) is 0 Å². The average molecular weight is 372 g/mol. The van der Waals surface area contributed by atoms with Gasteiger partial charge in [-0.15, -0.1) is 11.3 Å². The number of fused-ring (bicyclic) bond motifs is 3. The van der Waals surface area contributed by atoms with E-state index in [9.17, 15) is 4.79 Å². The van der Waals surface area contributed by atoms with E-state index < -0.39 is 0 Å². The van der Waals surface area contributed by atoms with E-state index in [1.807, 2.05) is 4.57 Å².